The summed E-state index contributed by atoms with van der Waals surface area (Å²) < 4.78 is 59.2. The molecule has 1 aliphatic heterocycles. The predicted octanol–water partition coefficient (Wildman–Crippen LogP) is 5.31. The van der Waals surface area contributed by atoms with Crippen LogP contribution >= 0.6 is 11.8 Å². The van der Waals surface area contributed by atoms with Crippen molar-refractivity contribution in [1.29, 1.82) is 0 Å². The van der Waals surface area contributed by atoms with Gasteiger partial charge in [0.1, 0.15) is 12.2 Å². The minimum absolute atomic E-state index is 0.0250. The number of ether oxygens (including phenoxy) is 5. The first-order valence-corrected chi connectivity index (χ1v) is 16.6. The molecule has 3 heterocycles. The monoisotopic (exact) mass is 662 g/mol. The van der Waals surface area contributed by atoms with Crippen LogP contribution in [0.1, 0.15) is 78.3 Å². The number of thioether (sulfide) groups is 1. The lowest BCUT2D eigenvalue weighted by atomic mass is 10.1. The van der Waals surface area contributed by atoms with Crippen LogP contribution in [0.2, 0.25) is 0 Å². The number of aromatic nitrogens is 5. The molecule has 3 aromatic rings. The molecule has 0 bridgehead atoms. The van der Waals surface area contributed by atoms with Gasteiger partial charge in [0.2, 0.25) is 0 Å². The number of nitrogens with zero attached hydrogens (tertiary/aromatic N) is 5. The van der Waals surface area contributed by atoms with E-state index in [0.29, 0.717) is 42.4 Å². The highest BCUT2D eigenvalue weighted by molar-refractivity contribution is 7.99. The zero-order valence-electron chi connectivity index (χ0n) is 26.8. The summed E-state index contributed by atoms with van der Waals surface area (Å²) in [5.41, 5.74) is 0.957. The van der Waals surface area contributed by atoms with E-state index in [1.165, 1.54) is 17.8 Å². The second-order valence-electron chi connectivity index (χ2n) is 13.3. The van der Waals surface area contributed by atoms with Gasteiger partial charge in [-0.15, -0.1) is 5.10 Å². The predicted molar refractivity (Wildman–Crippen MR) is 164 cm³/mol. The molecule has 2 aromatic heterocycles. The topological polar surface area (TPSA) is 132 Å². The molecule has 2 saturated carbocycles. The van der Waals surface area contributed by atoms with Crippen LogP contribution in [0.5, 0.6) is 5.88 Å². The third kappa shape index (κ3) is 7.28. The van der Waals surface area contributed by atoms with Crippen molar-refractivity contribution in [2.24, 2.45) is 0 Å². The Hall–Kier alpha value is -2.98. The fourth-order valence-corrected chi connectivity index (χ4v) is 6.62. The number of halogens is 2. The second kappa shape index (κ2) is 12.9. The van der Waals surface area contributed by atoms with E-state index < -0.39 is 23.5 Å². The van der Waals surface area contributed by atoms with Crippen molar-refractivity contribution in [1.82, 2.24) is 30.3 Å². The first kappa shape index (κ1) is 32.9. The molecular weight excluding hydrogens is 622 g/mol. The number of nitrogens with one attached hydrogen (secondary N) is 1. The average Bonchev–Trinajstić information content (AvgIpc) is 3.30. The third-order valence-corrected chi connectivity index (χ3v) is 9.06. The molecule has 1 N–H and O–H groups in total. The largest absolute Gasteiger partial charge is 0.414 e. The fourth-order valence-electron chi connectivity index (χ4n) is 5.93. The number of hydrogen-bond acceptors (Lipinski definition) is 11. The minimum atomic E-state index is -0.923. The highest BCUT2D eigenvalue weighted by Gasteiger charge is 2.56. The maximum atomic E-state index is 13.7. The van der Waals surface area contributed by atoms with Crippen LogP contribution in [0.3, 0.4) is 0 Å². The lowest BCUT2D eigenvalue weighted by molar-refractivity contribution is -0.172. The lowest BCUT2D eigenvalue weighted by Crippen LogP contribution is -2.32. The molecule has 1 saturated heterocycles. The Balaban J connectivity index is 1.21. The van der Waals surface area contributed by atoms with Crippen molar-refractivity contribution < 1.29 is 37.3 Å². The van der Waals surface area contributed by atoms with Gasteiger partial charge in [0.15, 0.2) is 33.7 Å². The minimum Gasteiger partial charge on any atom is -0.389 e. The van der Waals surface area contributed by atoms with Gasteiger partial charge in [-0.25, -0.2) is 23.2 Å². The zero-order chi connectivity index (χ0) is 32.8. The van der Waals surface area contributed by atoms with Crippen LogP contribution in [0.25, 0.3) is 11.2 Å². The van der Waals surface area contributed by atoms with E-state index in [2.05, 4.69) is 20.6 Å². The molecule has 2 aliphatic carbocycles. The van der Waals surface area contributed by atoms with Gasteiger partial charge in [0.05, 0.1) is 31.0 Å². The smallest absolute Gasteiger partial charge is 0.389 e. The van der Waals surface area contributed by atoms with Crippen LogP contribution in [-0.4, -0.2) is 85.8 Å². The van der Waals surface area contributed by atoms with E-state index in [1.54, 1.807) is 4.68 Å². The van der Waals surface area contributed by atoms with E-state index in [4.69, 9.17) is 28.7 Å². The summed E-state index contributed by atoms with van der Waals surface area (Å²) in [6.07, 6.45) is 0.248. The third-order valence-electron chi connectivity index (χ3n) is 8.01. The maximum Gasteiger partial charge on any atom is 0.414 e. The maximum absolute atomic E-state index is 13.7. The van der Waals surface area contributed by atoms with Gasteiger partial charge < -0.3 is 29.0 Å². The Morgan fingerprint density at radius 1 is 1.13 bits per heavy atom. The summed E-state index contributed by atoms with van der Waals surface area (Å²) in [5.74, 6) is -2.08. The molecule has 0 radical (unpaired) electrons. The summed E-state index contributed by atoms with van der Waals surface area (Å²) in [4.78, 5) is 22.2. The molecule has 250 valence electrons. The molecule has 1 amide bonds. The van der Waals surface area contributed by atoms with Crippen LogP contribution in [0.4, 0.5) is 13.6 Å². The molecule has 0 spiro atoms. The summed E-state index contributed by atoms with van der Waals surface area (Å²) in [5, 5.41) is 12.0. The Kier molecular flexibility index (Phi) is 9.24. The van der Waals surface area contributed by atoms with Gasteiger partial charge in [-0.05, 0) is 65.2 Å². The summed E-state index contributed by atoms with van der Waals surface area (Å²) >= 11 is 1.43. The number of amides is 1. The number of fused-ring (bicyclic) bond motifs is 2. The Bertz CT molecular complexity index is 1580. The van der Waals surface area contributed by atoms with E-state index in [-0.39, 0.29) is 53.3 Å². The van der Waals surface area contributed by atoms with Gasteiger partial charge in [-0.1, -0.05) is 30.0 Å². The van der Waals surface area contributed by atoms with Crippen molar-refractivity contribution in [2.45, 2.75) is 114 Å². The average molecular weight is 663 g/mol. The molecule has 3 aliphatic rings. The Morgan fingerprint density at radius 2 is 1.91 bits per heavy atom. The summed E-state index contributed by atoms with van der Waals surface area (Å²) in [6, 6.07) is 3.14. The molecule has 1 aromatic carbocycles. The first-order chi connectivity index (χ1) is 21.8. The molecule has 15 heteroatoms. The highest BCUT2D eigenvalue weighted by atomic mass is 32.2. The van der Waals surface area contributed by atoms with Crippen LogP contribution in [0.15, 0.2) is 23.4 Å². The van der Waals surface area contributed by atoms with Gasteiger partial charge in [-0.3, -0.25) is 0 Å². The second-order valence-corrected chi connectivity index (χ2v) is 14.3. The van der Waals surface area contributed by atoms with Gasteiger partial charge in [-0.2, -0.15) is 4.98 Å². The van der Waals surface area contributed by atoms with E-state index in [1.807, 2.05) is 41.5 Å². The zero-order valence-corrected chi connectivity index (χ0v) is 27.6. The quantitative estimate of drug-likeness (QED) is 0.163. The number of hydrogen-bond donors (Lipinski definition) is 1. The van der Waals surface area contributed by atoms with Crippen LogP contribution in [-0.2, 0) is 18.9 Å². The molecule has 6 rings (SSSR count). The normalized spacial score (nSPS) is 26.8. The van der Waals surface area contributed by atoms with Gasteiger partial charge >= 0.3 is 6.09 Å². The van der Waals surface area contributed by atoms with E-state index in [0.717, 1.165) is 24.3 Å². The van der Waals surface area contributed by atoms with Crippen molar-refractivity contribution >= 4 is 29.0 Å². The van der Waals surface area contributed by atoms with E-state index >= 15 is 0 Å². The van der Waals surface area contributed by atoms with Crippen LogP contribution < -0.4 is 10.1 Å². The van der Waals surface area contributed by atoms with Crippen molar-refractivity contribution in [2.75, 3.05) is 19.0 Å². The molecule has 0 unspecified atom stereocenters. The molecule has 46 heavy (non-hydrogen) atoms. The molecule has 3 fully saturated rings. The summed E-state index contributed by atoms with van der Waals surface area (Å²) in [6.45, 7) is 12.6. The summed E-state index contributed by atoms with van der Waals surface area (Å²) in [7, 11) is 0. The molecule has 12 nitrogen and oxygen atoms in total. The van der Waals surface area contributed by atoms with Gasteiger partial charge in [0, 0.05) is 24.1 Å². The van der Waals surface area contributed by atoms with Crippen LogP contribution in [0, 0.1) is 11.6 Å². The number of benzene rings is 1. The van der Waals surface area contributed by atoms with Gasteiger partial charge in [0.25, 0.3) is 5.88 Å². The van der Waals surface area contributed by atoms with Crippen molar-refractivity contribution in [3.05, 3.63) is 35.4 Å². The molecule has 6 atom stereocenters. The van der Waals surface area contributed by atoms with E-state index in [9.17, 15) is 13.6 Å². The Labute approximate surface area is 270 Å². The molecular formula is C31H40F2N6O6S. The fraction of sp³-hybridized carbons (Fsp3) is 0.645. The number of carbonyl (C=O) groups is 1. The van der Waals surface area contributed by atoms with Crippen molar-refractivity contribution in [3.8, 4) is 5.88 Å². The number of rotatable bonds is 11. The SMILES string of the molecule is CCCSc1nc(OC(=O)N[C@@H]2C[C@H]2c2ccc(F)c(F)c2)c2nnn([C@@H]3C[C@H](OCCOC(C)(C)C)[C@H]4OC(C)(C)O[C@H]43)c2n1. The highest BCUT2D eigenvalue weighted by Crippen LogP contribution is 2.46. The van der Waals surface area contributed by atoms with Crippen molar-refractivity contribution in [3.63, 3.8) is 0 Å². The first-order valence-electron chi connectivity index (χ1n) is 15.6. The standard InChI is InChI=1S/C31H40F2N6O6S/c1-7-12-46-28-35-26-23(27(36-28)43-29(40)34-20-14-17(20)16-8-9-18(32)19(33)13-16)37-38-39(26)21-15-22(41-10-11-42-30(2,3)4)25-24(21)44-31(5,6)45-25/h8-9,13,17,20-22,24-25H,7,10-12,14-15H2,1-6H3,(H,34,40)/t17-,20+,21+,22-,24-,25+/m0/s1. The lowest BCUT2D eigenvalue weighted by Gasteiger charge is -2.24. The number of carbonyl (C=O) groups excluding carboxylic acids is 1. The Morgan fingerprint density at radius 3 is 2.65 bits per heavy atom.